The number of hydrogen-bond acceptors (Lipinski definition) is 20. The molecule has 3 amide bonds. The number of ether oxygens (including phenoxy) is 2. The molecule has 3 heterocycles. The lowest BCUT2D eigenvalue weighted by Gasteiger charge is -2.30. The number of phosphoric ester groups is 3. The van der Waals surface area contributed by atoms with Crippen LogP contribution in [0.25, 0.3) is 17.2 Å². The number of carbonyl (C=O) groups excluding carboxylic acids is 4. The number of nitrogens with two attached hydrogens (primary N) is 1. The number of nitrogens with one attached hydrogen (secondary N) is 3. The summed E-state index contributed by atoms with van der Waals surface area (Å²) in [6.45, 7) is 0.0880. The number of imidazole rings is 1. The molecular weight excluding hydrogens is 1140 g/mol. The van der Waals surface area contributed by atoms with E-state index < -0.39 is 95.6 Å². The van der Waals surface area contributed by atoms with E-state index in [9.17, 15) is 62.7 Å². The van der Waals surface area contributed by atoms with Crippen LogP contribution >= 0.6 is 51.2 Å². The maximum Gasteiger partial charge on any atom is 0.481 e. The van der Waals surface area contributed by atoms with Gasteiger partial charge in [-0.25, -0.2) is 28.6 Å². The molecule has 7 atom stereocenters. The number of phosphoric acid groups is 3. The number of nitrogen functional groups attached to an aromatic ring is 1. The Morgan fingerprint density at radius 1 is 0.920 bits per heavy atom. The van der Waals surface area contributed by atoms with Gasteiger partial charge in [0, 0.05) is 36.2 Å². The first-order chi connectivity index (χ1) is 35.3. The van der Waals surface area contributed by atoms with Crippen LogP contribution in [0.1, 0.15) is 42.4 Å². The fraction of sp³-hybridized carbons (Fsp3) is 0.326. The monoisotopic (exact) mass is 1190 g/mol. The highest BCUT2D eigenvalue weighted by atomic mass is 79.9. The normalized spacial score (nSPS) is 19.1. The molecule has 0 saturated carbocycles. The number of benzene rings is 3. The van der Waals surface area contributed by atoms with Gasteiger partial charge in [-0.05, 0) is 64.0 Å². The number of carbonyl (C=O) groups is 4. The van der Waals surface area contributed by atoms with Crippen molar-refractivity contribution < 1.29 is 90.0 Å². The van der Waals surface area contributed by atoms with Crippen molar-refractivity contribution in [1.82, 2.24) is 35.5 Å². The molecule has 5 aromatic rings. The lowest BCUT2D eigenvalue weighted by atomic mass is 9.87. The molecule has 32 heteroatoms. The summed E-state index contributed by atoms with van der Waals surface area (Å²) in [5, 5.41) is 28.8. The first kappa shape index (κ1) is 59.0. The zero-order valence-corrected chi connectivity index (χ0v) is 44.4. The van der Waals surface area contributed by atoms with Gasteiger partial charge in [-0.3, -0.25) is 37.3 Å². The van der Waals surface area contributed by atoms with Gasteiger partial charge in [0.1, 0.15) is 47.8 Å². The van der Waals surface area contributed by atoms with Gasteiger partial charge < -0.3 is 60.9 Å². The van der Waals surface area contributed by atoms with E-state index in [4.69, 9.17) is 24.3 Å². The summed E-state index contributed by atoms with van der Waals surface area (Å²) < 4.78 is 69.3. The van der Waals surface area contributed by atoms with E-state index in [2.05, 4.69) is 55.7 Å². The Labute approximate surface area is 439 Å². The zero-order chi connectivity index (χ0) is 54.7. The third-order valence-corrected chi connectivity index (χ3v) is 15.1. The van der Waals surface area contributed by atoms with Crippen molar-refractivity contribution in [3.05, 3.63) is 113 Å². The Hall–Kier alpha value is -5.29. The van der Waals surface area contributed by atoms with E-state index in [-0.39, 0.29) is 47.9 Å². The van der Waals surface area contributed by atoms with Crippen LogP contribution in [0.4, 0.5) is 5.82 Å². The van der Waals surface area contributed by atoms with E-state index >= 15 is 0 Å². The van der Waals surface area contributed by atoms with Crippen LogP contribution in [0, 0.1) is 5.41 Å². The average molecular weight is 1190 g/mol. The van der Waals surface area contributed by atoms with Crippen molar-refractivity contribution in [3.63, 3.8) is 0 Å². The Morgan fingerprint density at radius 2 is 1.60 bits per heavy atom. The summed E-state index contributed by atoms with van der Waals surface area (Å²) in [7, 11) is -16.5. The van der Waals surface area contributed by atoms with E-state index in [0.29, 0.717) is 22.6 Å². The number of fused-ring (bicyclic) bond motifs is 1. The van der Waals surface area contributed by atoms with Gasteiger partial charge >= 0.3 is 23.5 Å². The predicted molar refractivity (Wildman–Crippen MR) is 270 cm³/mol. The second kappa shape index (κ2) is 25.7. The maximum absolute atomic E-state index is 13.4. The lowest BCUT2D eigenvalue weighted by Crippen LogP contribution is -2.46. The summed E-state index contributed by atoms with van der Waals surface area (Å²) in [5.74, 6) is -0.934. The quantitative estimate of drug-likeness (QED) is 0.0226. The second-order valence-electron chi connectivity index (χ2n) is 16.7. The Bertz CT molecular complexity index is 3030. The standard InChI is InChI=1S/C43H50BrN8O19P3S/c1-43(2,22-67-74(64,65)71-73(62,63)66-21-31-35(70-72(59,60)61)34(54)41(69-31)52-24-50-33-37(45)48-23-49-38(33)52)36(55)40(57)47-17-16-32(53)46-18-19-75-42(58)29(51-39(56)26-8-4-3-5-9-26)20-25-12-14-27(15-13-25)68-30-11-7-6-10-28(30)44/h3-15,20,23-24,31,34-36,41,54-55H,16-19,21-22H2,1-2H3,(H,46,53)(H,47,57)(H,51,56)(H,62,63)(H,64,65)(H2,45,48,49)(H2,59,60,61)/b29-20-. The molecular formula is C43H50BrN8O19P3S. The lowest BCUT2D eigenvalue weighted by molar-refractivity contribution is -0.137. The third kappa shape index (κ3) is 17.1. The minimum atomic E-state index is -5.62. The first-order valence-electron chi connectivity index (χ1n) is 22.0. The largest absolute Gasteiger partial charge is 0.481 e. The third-order valence-electron chi connectivity index (χ3n) is 10.5. The van der Waals surface area contributed by atoms with Gasteiger partial charge in [-0.1, -0.05) is 68.1 Å². The van der Waals surface area contributed by atoms with Gasteiger partial charge in [0.15, 0.2) is 17.7 Å². The van der Waals surface area contributed by atoms with Crippen molar-refractivity contribution in [3.8, 4) is 11.5 Å². The van der Waals surface area contributed by atoms with E-state index in [0.717, 1.165) is 33.5 Å². The van der Waals surface area contributed by atoms with Gasteiger partial charge in [-0.2, -0.15) is 4.31 Å². The first-order valence-corrected chi connectivity index (χ1v) is 28.3. The number of nitrogens with zero attached hydrogens (tertiary/aromatic N) is 4. The number of aromatic nitrogens is 4. The molecule has 0 radical (unpaired) electrons. The Balaban J connectivity index is 0.934. The second-order valence-corrected chi connectivity index (χ2v) is 22.8. The van der Waals surface area contributed by atoms with Crippen LogP contribution in [0.2, 0.25) is 0 Å². The number of amides is 3. The molecule has 11 N–H and O–H groups in total. The van der Waals surface area contributed by atoms with E-state index in [1.807, 2.05) is 18.2 Å². The van der Waals surface area contributed by atoms with Gasteiger partial charge in [0.25, 0.3) is 5.91 Å². The Kier molecular flexibility index (Phi) is 20.2. The fourth-order valence-electron chi connectivity index (χ4n) is 6.73. The average Bonchev–Trinajstić information content (AvgIpc) is 3.92. The number of aliphatic hydroxyl groups excluding tert-OH is 2. The molecule has 0 spiro atoms. The fourth-order valence-corrected chi connectivity index (χ4v) is 10.6. The van der Waals surface area contributed by atoms with Crippen LogP contribution in [0.15, 0.2) is 102 Å². The van der Waals surface area contributed by atoms with Crippen LogP contribution < -0.4 is 26.4 Å². The predicted octanol–water partition coefficient (Wildman–Crippen LogP) is 3.69. The molecule has 1 aliphatic rings. The molecule has 7 unspecified atom stereocenters. The highest BCUT2D eigenvalue weighted by Gasteiger charge is 2.50. The van der Waals surface area contributed by atoms with Crippen LogP contribution in [-0.2, 0) is 50.7 Å². The van der Waals surface area contributed by atoms with E-state index in [1.165, 1.54) is 19.9 Å². The number of aliphatic hydroxyl groups is 2. The Morgan fingerprint density at radius 3 is 2.29 bits per heavy atom. The van der Waals surface area contributed by atoms with Crippen molar-refractivity contribution >= 4 is 97.1 Å². The SMILES string of the molecule is CC(C)(COP(=O)(O)OP(=O)(O)OCC1OC(n2cnc3c(N)ncnc32)C(O)C1OP(=O)(O)O)C(O)C(=O)NCCC(=O)NCCSC(=O)/C(=C/c1ccc(Oc2ccccc2Br)cc1)NC(=O)c1ccccc1. The van der Waals surface area contributed by atoms with Gasteiger partial charge in [-0.15, -0.1) is 0 Å². The summed E-state index contributed by atoms with van der Waals surface area (Å²) in [5.41, 5.74) is 5.07. The molecule has 1 aliphatic heterocycles. The molecule has 3 aromatic carbocycles. The number of para-hydroxylation sites is 1. The number of halogens is 1. The minimum Gasteiger partial charge on any atom is -0.456 e. The molecule has 0 bridgehead atoms. The summed E-state index contributed by atoms with van der Waals surface area (Å²) in [4.78, 5) is 103. The molecule has 27 nitrogen and oxygen atoms in total. The number of thioether (sulfide) groups is 1. The topological polar surface area (TPSA) is 402 Å². The summed E-state index contributed by atoms with van der Waals surface area (Å²) in [6.07, 6.45) is -5.71. The van der Waals surface area contributed by atoms with Crippen LogP contribution in [0.3, 0.4) is 0 Å². The molecule has 0 aliphatic carbocycles. The molecule has 1 saturated heterocycles. The number of anilines is 1. The zero-order valence-electron chi connectivity index (χ0n) is 39.4. The van der Waals surface area contributed by atoms with Crippen molar-refractivity contribution in [2.24, 2.45) is 5.41 Å². The molecule has 1 fully saturated rings. The summed E-state index contributed by atoms with van der Waals surface area (Å²) in [6, 6.07) is 22.4. The van der Waals surface area contributed by atoms with E-state index in [1.54, 1.807) is 60.7 Å². The van der Waals surface area contributed by atoms with Gasteiger partial charge in [0.2, 0.25) is 16.9 Å². The molecule has 75 heavy (non-hydrogen) atoms. The molecule has 6 rings (SSSR count). The molecule has 404 valence electrons. The number of rotatable bonds is 25. The maximum atomic E-state index is 13.4. The number of hydrogen-bond donors (Lipinski definition) is 10. The highest BCUT2D eigenvalue weighted by molar-refractivity contribution is 9.10. The summed E-state index contributed by atoms with van der Waals surface area (Å²) >= 11 is 4.27. The van der Waals surface area contributed by atoms with Crippen molar-refractivity contribution in [1.29, 1.82) is 0 Å². The smallest absolute Gasteiger partial charge is 0.456 e. The highest BCUT2D eigenvalue weighted by Crippen LogP contribution is 2.61. The minimum absolute atomic E-state index is 0.00607. The van der Waals surface area contributed by atoms with Crippen LogP contribution in [0.5, 0.6) is 11.5 Å². The van der Waals surface area contributed by atoms with Crippen LogP contribution in [-0.4, -0.2) is 129 Å². The molecule has 2 aromatic heterocycles. The van der Waals surface area contributed by atoms with Crippen molar-refractivity contribution in [2.75, 3.05) is 37.8 Å². The van der Waals surface area contributed by atoms with Gasteiger partial charge in [0.05, 0.1) is 29.7 Å². The van der Waals surface area contributed by atoms with Crippen molar-refractivity contribution in [2.45, 2.75) is 50.9 Å².